The molecule has 0 radical (unpaired) electrons. The normalized spacial score (nSPS) is 12.4. The van der Waals surface area contributed by atoms with Crippen LogP contribution < -0.4 is 29.6 Å². The van der Waals surface area contributed by atoms with Crippen molar-refractivity contribution in [3.05, 3.63) is 47.5 Å². The van der Waals surface area contributed by atoms with Crippen molar-refractivity contribution < 1.29 is 27.7 Å². The highest BCUT2D eigenvalue weighted by Crippen LogP contribution is 2.32. The molecule has 1 aliphatic rings. The number of guanidine groups is 1. The Morgan fingerprint density at radius 3 is 2.57 bits per heavy atom. The van der Waals surface area contributed by atoms with Crippen molar-refractivity contribution in [2.24, 2.45) is 4.99 Å². The molecule has 0 saturated heterocycles. The number of nitrogens with one attached hydrogen (secondary N) is 2. The molecule has 0 amide bonds. The number of ether oxygens (including phenoxy) is 4. The maximum atomic E-state index is 12.6. The van der Waals surface area contributed by atoms with E-state index in [-0.39, 0.29) is 48.8 Å². The first-order valence-electron chi connectivity index (χ1n) is 9.11. The molecule has 2 aromatic carbocycles. The first kappa shape index (κ1) is 23.8. The molecule has 0 aliphatic carbocycles. The second kappa shape index (κ2) is 11.6. The number of halogens is 3. The van der Waals surface area contributed by atoms with Gasteiger partial charge in [0.15, 0.2) is 29.0 Å². The van der Waals surface area contributed by atoms with Crippen molar-refractivity contribution in [1.82, 2.24) is 10.6 Å². The molecule has 0 bridgehead atoms. The van der Waals surface area contributed by atoms with Crippen LogP contribution in [0.3, 0.4) is 0 Å². The molecule has 164 valence electrons. The van der Waals surface area contributed by atoms with E-state index in [0.29, 0.717) is 24.6 Å². The predicted octanol–water partition coefficient (Wildman–Crippen LogP) is 3.90. The molecule has 0 aromatic heterocycles. The van der Waals surface area contributed by atoms with Crippen molar-refractivity contribution in [3.63, 3.8) is 0 Å². The first-order valence-corrected chi connectivity index (χ1v) is 9.11. The first-order chi connectivity index (χ1) is 14.1. The average Bonchev–Trinajstić information content (AvgIpc) is 3.17. The smallest absolute Gasteiger partial charge is 0.387 e. The Morgan fingerprint density at radius 2 is 1.83 bits per heavy atom. The van der Waals surface area contributed by atoms with E-state index in [2.05, 4.69) is 20.4 Å². The number of alkyl halides is 2. The van der Waals surface area contributed by atoms with Crippen LogP contribution in [0.2, 0.25) is 0 Å². The lowest BCUT2D eigenvalue weighted by Gasteiger charge is -2.13. The minimum Gasteiger partial charge on any atom is -0.493 e. The number of fused-ring (bicyclic) bond motifs is 1. The summed E-state index contributed by atoms with van der Waals surface area (Å²) in [5.41, 5.74) is 1.72. The quantitative estimate of drug-likeness (QED) is 0.304. The van der Waals surface area contributed by atoms with Crippen LogP contribution in [-0.4, -0.2) is 33.0 Å². The summed E-state index contributed by atoms with van der Waals surface area (Å²) in [5.74, 6) is 2.27. The molecule has 2 aromatic rings. The SMILES string of the molecule is CCNC(=NCc1ccc(OC)c(OC(F)F)c1)NCc1ccc2c(c1)OCO2.I. The molecule has 10 heteroatoms. The van der Waals surface area contributed by atoms with Crippen molar-refractivity contribution in [1.29, 1.82) is 0 Å². The van der Waals surface area contributed by atoms with Gasteiger partial charge in [-0.25, -0.2) is 4.99 Å². The van der Waals surface area contributed by atoms with Crippen LogP contribution in [0.5, 0.6) is 23.0 Å². The Morgan fingerprint density at radius 1 is 1.07 bits per heavy atom. The lowest BCUT2D eigenvalue weighted by atomic mass is 10.2. The second-order valence-corrected chi connectivity index (χ2v) is 6.10. The fourth-order valence-electron chi connectivity index (χ4n) is 2.76. The number of aliphatic imine (C=N–C) groups is 1. The van der Waals surface area contributed by atoms with E-state index in [9.17, 15) is 8.78 Å². The average molecular weight is 535 g/mol. The standard InChI is InChI=1S/C20H23F2N3O4.HI/c1-3-23-20(24-10-13-5-7-16-17(8-13)28-12-27-16)25-11-14-4-6-15(26-2)18(9-14)29-19(21)22;/h4-9,19H,3,10-12H2,1-2H3,(H2,23,24,25);1H. The van der Waals surface area contributed by atoms with Gasteiger partial charge in [-0.15, -0.1) is 24.0 Å². The molecule has 2 N–H and O–H groups in total. The van der Waals surface area contributed by atoms with Gasteiger partial charge in [-0.3, -0.25) is 0 Å². The van der Waals surface area contributed by atoms with Crippen LogP contribution in [0, 0.1) is 0 Å². The van der Waals surface area contributed by atoms with Crippen LogP contribution >= 0.6 is 24.0 Å². The summed E-state index contributed by atoms with van der Waals surface area (Å²) in [6.45, 7) is 0.749. The summed E-state index contributed by atoms with van der Waals surface area (Å²) in [6.07, 6.45) is 0. The minimum atomic E-state index is -2.93. The Bertz CT molecular complexity index is 868. The molecular formula is C20H24F2IN3O4. The predicted molar refractivity (Wildman–Crippen MR) is 119 cm³/mol. The maximum absolute atomic E-state index is 12.6. The Balaban J connectivity index is 0.00000320. The van der Waals surface area contributed by atoms with Gasteiger partial charge in [0.2, 0.25) is 6.79 Å². The van der Waals surface area contributed by atoms with E-state index in [4.69, 9.17) is 14.2 Å². The summed E-state index contributed by atoms with van der Waals surface area (Å²) < 4.78 is 45.4. The largest absolute Gasteiger partial charge is 0.493 e. The van der Waals surface area contributed by atoms with E-state index in [0.717, 1.165) is 17.1 Å². The molecular weight excluding hydrogens is 511 g/mol. The van der Waals surface area contributed by atoms with Gasteiger partial charge in [-0.1, -0.05) is 12.1 Å². The van der Waals surface area contributed by atoms with Gasteiger partial charge in [0.05, 0.1) is 13.7 Å². The number of hydrogen-bond donors (Lipinski definition) is 2. The lowest BCUT2D eigenvalue weighted by molar-refractivity contribution is -0.0512. The van der Waals surface area contributed by atoms with Crippen LogP contribution in [0.15, 0.2) is 41.4 Å². The van der Waals surface area contributed by atoms with E-state index in [1.54, 1.807) is 12.1 Å². The summed E-state index contributed by atoms with van der Waals surface area (Å²) >= 11 is 0. The topological polar surface area (TPSA) is 73.3 Å². The number of methoxy groups -OCH3 is 1. The molecule has 0 atom stereocenters. The summed E-state index contributed by atoms with van der Waals surface area (Å²) in [4.78, 5) is 4.50. The number of hydrogen-bond acceptors (Lipinski definition) is 5. The van der Waals surface area contributed by atoms with Crippen LogP contribution in [0.1, 0.15) is 18.1 Å². The summed E-state index contributed by atoms with van der Waals surface area (Å²) in [5, 5.41) is 6.39. The maximum Gasteiger partial charge on any atom is 0.387 e. The van der Waals surface area contributed by atoms with Crippen LogP contribution in [0.4, 0.5) is 8.78 Å². The monoisotopic (exact) mass is 535 g/mol. The summed E-state index contributed by atoms with van der Waals surface area (Å²) in [7, 11) is 1.40. The fourth-order valence-corrected chi connectivity index (χ4v) is 2.76. The second-order valence-electron chi connectivity index (χ2n) is 6.10. The third kappa shape index (κ3) is 6.51. The van der Waals surface area contributed by atoms with Gasteiger partial charge in [0.1, 0.15) is 0 Å². The van der Waals surface area contributed by atoms with Crippen molar-refractivity contribution >= 4 is 29.9 Å². The highest BCUT2D eigenvalue weighted by molar-refractivity contribution is 14.0. The molecule has 0 fully saturated rings. The molecule has 7 nitrogen and oxygen atoms in total. The van der Waals surface area contributed by atoms with E-state index in [1.165, 1.54) is 13.2 Å². The van der Waals surface area contributed by atoms with Crippen molar-refractivity contribution in [2.75, 3.05) is 20.4 Å². The number of nitrogens with zero attached hydrogens (tertiary/aromatic N) is 1. The van der Waals surface area contributed by atoms with Crippen LogP contribution in [0.25, 0.3) is 0 Å². The molecule has 1 heterocycles. The lowest BCUT2D eigenvalue weighted by Crippen LogP contribution is -2.36. The van der Waals surface area contributed by atoms with Gasteiger partial charge < -0.3 is 29.6 Å². The Kier molecular flexibility index (Phi) is 9.21. The molecule has 30 heavy (non-hydrogen) atoms. The third-order valence-corrected chi connectivity index (χ3v) is 4.10. The van der Waals surface area contributed by atoms with E-state index in [1.807, 2.05) is 25.1 Å². The molecule has 0 unspecified atom stereocenters. The molecule has 1 aliphatic heterocycles. The van der Waals surface area contributed by atoms with Gasteiger partial charge in [0.25, 0.3) is 0 Å². The Labute approximate surface area is 190 Å². The van der Waals surface area contributed by atoms with Gasteiger partial charge in [-0.2, -0.15) is 8.78 Å². The van der Waals surface area contributed by atoms with E-state index < -0.39 is 6.61 Å². The number of benzene rings is 2. The summed E-state index contributed by atoms with van der Waals surface area (Å²) in [6, 6.07) is 10.6. The zero-order valence-corrected chi connectivity index (χ0v) is 18.9. The zero-order valence-electron chi connectivity index (χ0n) is 16.6. The highest BCUT2D eigenvalue weighted by atomic mass is 127. The molecule has 3 rings (SSSR count). The third-order valence-electron chi connectivity index (χ3n) is 4.10. The van der Waals surface area contributed by atoms with Crippen LogP contribution in [-0.2, 0) is 13.1 Å². The van der Waals surface area contributed by atoms with Gasteiger partial charge in [-0.05, 0) is 42.3 Å². The molecule has 0 saturated carbocycles. The number of rotatable bonds is 8. The van der Waals surface area contributed by atoms with E-state index >= 15 is 0 Å². The Hall–Kier alpha value is -2.50. The van der Waals surface area contributed by atoms with Crippen molar-refractivity contribution in [2.45, 2.75) is 26.6 Å². The highest BCUT2D eigenvalue weighted by Gasteiger charge is 2.13. The van der Waals surface area contributed by atoms with Gasteiger partial charge >= 0.3 is 6.61 Å². The molecule has 0 spiro atoms. The zero-order chi connectivity index (χ0) is 20.6. The minimum absolute atomic E-state index is 0. The van der Waals surface area contributed by atoms with Gasteiger partial charge in [0, 0.05) is 13.1 Å². The fraction of sp³-hybridized carbons (Fsp3) is 0.350. The van der Waals surface area contributed by atoms with Crippen molar-refractivity contribution in [3.8, 4) is 23.0 Å².